The number of benzene rings is 1. The molecule has 15 heteroatoms. The molecule has 5 aliphatic rings. The summed E-state index contributed by atoms with van der Waals surface area (Å²) < 4.78 is 52.3. The van der Waals surface area contributed by atoms with Gasteiger partial charge in [-0.1, -0.05) is 45.4 Å². The second-order valence-electron chi connectivity index (χ2n) is 17.6. The van der Waals surface area contributed by atoms with Gasteiger partial charge >= 0.3 is 6.09 Å². The third-order valence-electron chi connectivity index (χ3n) is 12.4. The topological polar surface area (TPSA) is 188 Å². The highest BCUT2D eigenvalue weighted by Crippen LogP contribution is 2.47. The molecule has 0 radical (unpaired) electrons. The van der Waals surface area contributed by atoms with Crippen LogP contribution >= 0.6 is 0 Å². The van der Waals surface area contributed by atoms with Crippen LogP contribution in [0.4, 0.5) is 4.79 Å². The van der Waals surface area contributed by atoms with Crippen molar-refractivity contribution in [2.24, 2.45) is 29.1 Å². The fraction of sp³-hybridized carbons (Fsp3) is 0.605. The first-order chi connectivity index (χ1) is 27.6. The number of allylic oxidation sites excluding steroid dienone is 1. The third kappa shape index (κ3) is 8.55. The number of pyridine rings is 1. The number of hydrogen-bond acceptors (Lipinski definition) is 11. The number of aromatic nitrogens is 1. The monoisotopic (exact) mass is 820 g/mol. The normalized spacial score (nSPS) is 30.7. The number of fused-ring (bicyclic) bond motifs is 4. The molecule has 4 aliphatic carbocycles. The Morgan fingerprint density at radius 1 is 1.09 bits per heavy atom. The lowest BCUT2D eigenvalue weighted by atomic mass is 9.77. The number of nitrogens with one attached hydrogen (secondary N) is 3. The van der Waals surface area contributed by atoms with Gasteiger partial charge in [-0.25, -0.2) is 18.2 Å². The first-order valence-electron chi connectivity index (χ1n) is 20.6. The molecule has 0 spiro atoms. The maximum atomic E-state index is 14.9. The van der Waals surface area contributed by atoms with Gasteiger partial charge in [0.2, 0.25) is 21.8 Å². The molecule has 14 nitrogen and oxygen atoms in total. The quantitative estimate of drug-likeness (QED) is 0.261. The highest BCUT2D eigenvalue weighted by Gasteiger charge is 2.62. The Morgan fingerprint density at radius 3 is 2.52 bits per heavy atom. The number of amides is 3. The van der Waals surface area contributed by atoms with Gasteiger partial charge in [-0.05, 0) is 82.1 Å². The summed E-state index contributed by atoms with van der Waals surface area (Å²) in [5, 5.41) is 5.80. The van der Waals surface area contributed by atoms with Crippen LogP contribution < -0.4 is 29.6 Å². The predicted molar refractivity (Wildman–Crippen MR) is 217 cm³/mol. The van der Waals surface area contributed by atoms with Crippen LogP contribution in [0.3, 0.4) is 0 Å². The van der Waals surface area contributed by atoms with E-state index >= 15 is 0 Å². The van der Waals surface area contributed by atoms with Crippen molar-refractivity contribution in [3.8, 4) is 17.4 Å². The molecule has 2 aromatic rings. The number of methoxy groups -OCH3 is 1. The molecule has 1 aromatic carbocycles. The molecule has 58 heavy (non-hydrogen) atoms. The molecule has 1 aliphatic heterocycles. The van der Waals surface area contributed by atoms with Gasteiger partial charge in [0.1, 0.15) is 29.2 Å². The number of carbonyl (C=O) groups excluding carboxylic acids is 4. The van der Waals surface area contributed by atoms with Crippen molar-refractivity contribution in [2.45, 2.75) is 121 Å². The van der Waals surface area contributed by atoms with E-state index in [2.05, 4.69) is 28.0 Å². The molecular formula is C43H56N4O10S. The van der Waals surface area contributed by atoms with Crippen LogP contribution in [0.1, 0.15) is 97.5 Å². The minimum absolute atomic E-state index is 0.0634. The van der Waals surface area contributed by atoms with E-state index in [1.807, 2.05) is 45.9 Å². The zero-order chi connectivity index (χ0) is 41.6. The van der Waals surface area contributed by atoms with E-state index in [4.69, 9.17) is 23.9 Å². The van der Waals surface area contributed by atoms with Crippen LogP contribution in [0.15, 0.2) is 36.9 Å². The minimum Gasteiger partial charge on any atom is -0.496 e. The van der Waals surface area contributed by atoms with Crippen molar-refractivity contribution in [3.05, 3.63) is 42.5 Å². The number of Topliss-reactive ketones (excluding diaryl/α,β-unsaturated/α-hetero) is 1. The fourth-order valence-corrected chi connectivity index (χ4v) is 10.3. The van der Waals surface area contributed by atoms with Crippen LogP contribution in [0.25, 0.3) is 17.0 Å². The van der Waals surface area contributed by atoms with E-state index in [1.54, 1.807) is 13.2 Å². The van der Waals surface area contributed by atoms with Crippen LogP contribution in [-0.4, -0.2) is 79.8 Å². The van der Waals surface area contributed by atoms with Crippen LogP contribution in [0, 0.1) is 29.1 Å². The number of rotatable bonds is 9. The van der Waals surface area contributed by atoms with Crippen LogP contribution in [0.2, 0.25) is 0 Å². The molecule has 4 bridgehead atoms. The van der Waals surface area contributed by atoms with Crippen molar-refractivity contribution < 1.29 is 46.5 Å². The average Bonchev–Trinajstić information content (AvgIpc) is 4.10. The van der Waals surface area contributed by atoms with E-state index in [0.29, 0.717) is 60.6 Å². The molecule has 0 saturated heterocycles. The summed E-state index contributed by atoms with van der Waals surface area (Å²) in [5.41, 5.74) is -0.967. The number of ketones is 1. The largest absolute Gasteiger partial charge is 0.496 e. The van der Waals surface area contributed by atoms with E-state index in [0.717, 1.165) is 24.8 Å². The summed E-state index contributed by atoms with van der Waals surface area (Å²) in [6.45, 7) is 11.6. The van der Waals surface area contributed by atoms with Crippen LogP contribution in [0.5, 0.6) is 17.4 Å². The first kappa shape index (κ1) is 41.5. The molecular weight excluding hydrogens is 765 g/mol. The molecule has 2 heterocycles. The van der Waals surface area contributed by atoms with Crippen molar-refractivity contribution >= 4 is 50.7 Å². The maximum Gasteiger partial charge on any atom is 0.408 e. The maximum absolute atomic E-state index is 14.9. The molecule has 3 amide bonds. The standard InChI is InChI=1S/C43H56N4O10S/c1-7-26-23-43(26,40(50)47-58(52,53)28-16-17-28)46-39(49)30-20-27-19-29(30)37(48)38(42(3,4)5)45-41(51)57-33-15-10-9-12-24(33)13-11-14-25-18-31-32(21-34(25)54-6)44-36(55-8-2)22-35(31)56-27/h7,11,14,18,21-22,24,26-30,33,38H,1,8-10,12-13,15-17,19-20,23H2,2-6H3,(H,45,51)(H,46,49)(H,47,50)/b14-11+/t24-,26-,27+,29?,30-,33+,38-,43-/m1/s1. The second-order valence-corrected chi connectivity index (χ2v) is 19.5. The number of carbonyl (C=O) groups is 4. The van der Waals surface area contributed by atoms with E-state index in [1.165, 1.54) is 6.08 Å². The van der Waals surface area contributed by atoms with Crippen molar-refractivity contribution in [3.63, 3.8) is 0 Å². The molecule has 314 valence electrons. The van der Waals surface area contributed by atoms with E-state index < -0.39 is 74.0 Å². The van der Waals surface area contributed by atoms with E-state index in [-0.39, 0.29) is 37.1 Å². The lowest BCUT2D eigenvalue weighted by molar-refractivity contribution is -0.137. The molecule has 1 aromatic heterocycles. The number of ether oxygens (including phenoxy) is 4. The molecule has 1 unspecified atom stereocenters. The van der Waals surface area contributed by atoms with Gasteiger partial charge in [-0.15, -0.1) is 6.58 Å². The minimum atomic E-state index is -3.91. The summed E-state index contributed by atoms with van der Waals surface area (Å²) in [5.74, 6) is -2.82. The summed E-state index contributed by atoms with van der Waals surface area (Å²) in [7, 11) is -2.32. The van der Waals surface area contributed by atoms with Crippen molar-refractivity contribution in [2.75, 3.05) is 13.7 Å². The summed E-state index contributed by atoms with van der Waals surface area (Å²) >= 11 is 0. The Morgan fingerprint density at radius 2 is 1.84 bits per heavy atom. The van der Waals surface area contributed by atoms with Gasteiger partial charge in [-0.2, -0.15) is 0 Å². The van der Waals surface area contributed by atoms with Gasteiger partial charge in [0.15, 0.2) is 5.78 Å². The number of alkyl carbamates (subject to hydrolysis) is 1. The molecule has 3 N–H and O–H groups in total. The summed E-state index contributed by atoms with van der Waals surface area (Å²) in [4.78, 5) is 61.5. The van der Waals surface area contributed by atoms with Crippen molar-refractivity contribution in [1.29, 1.82) is 0 Å². The van der Waals surface area contributed by atoms with Gasteiger partial charge in [0.05, 0.1) is 36.4 Å². The number of nitrogens with zero attached hydrogens (tertiary/aromatic N) is 1. The molecule has 7 rings (SSSR count). The zero-order valence-electron chi connectivity index (χ0n) is 34.0. The highest BCUT2D eigenvalue weighted by molar-refractivity contribution is 7.91. The smallest absolute Gasteiger partial charge is 0.408 e. The lowest BCUT2D eigenvalue weighted by Crippen LogP contribution is -2.56. The molecule has 4 saturated carbocycles. The van der Waals surface area contributed by atoms with Crippen LogP contribution in [-0.2, 0) is 29.1 Å². The molecule has 4 fully saturated rings. The Labute approximate surface area is 340 Å². The molecule has 8 atom stereocenters. The Balaban J connectivity index is 1.28. The summed E-state index contributed by atoms with van der Waals surface area (Å²) in [6.07, 6.45) is 9.28. The Kier molecular flexibility index (Phi) is 11.6. The number of hydrogen-bond donors (Lipinski definition) is 3. The van der Waals surface area contributed by atoms with Gasteiger partial charge < -0.3 is 29.6 Å². The lowest BCUT2D eigenvalue weighted by Gasteiger charge is -2.35. The Bertz CT molecular complexity index is 2110. The Hall–Kier alpha value is -4.66. The van der Waals surface area contributed by atoms with Gasteiger partial charge in [0.25, 0.3) is 5.91 Å². The van der Waals surface area contributed by atoms with Gasteiger partial charge in [0, 0.05) is 34.9 Å². The highest BCUT2D eigenvalue weighted by atomic mass is 32.2. The van der Waals surface area contributed by atoms with E-state index in [9.17, 15) is 27.6 Å². The zero-order valence-corrected chi connectivity index (χ0v) is 34.8. The average molecular weight is 821 g/mol. The SMILES string of the molecule is C=C[C@@H]1C[C@]1(NC(=O)[C@@H]1C[C@@H]2CC1C(=O)[C@H](C(C)(C)C)NC(=O)O[C@H]1CCCC[C@@H]1C/C=C/c1cc3c(cc(OCC)nc3cc1OC)O2)C(=O)NS(=O)(=O)C1CC1. The number of sulfonamides is 1. The van der Waals surface area contributed by atoms with Crippen molar-refractivity contribution in [1.82, 2.24) is 20.3 Å². The summed E-state index contributed by atoms with van der Waals surface area (Å²) in [6, 6.07) is 4.43. The first-order valence-corrected chi connectivity index (χ1v) is 22.1. The van der Waals surface area contributed by atoms with Gasteiger partial charge in [-0.3, -0.25) is 19.1 Å². The predicted octanol–water partition coefficient (Wildman–Crippen LogP) is 5.77. The fourth-order valence-electron chi connectivity index (χ4n) is 8.93. The second kappa shape index (κ2) is 16.2. The third-order valence-corrected chi connectivity index (χ3v) is 14.2.